The molecule has 0 aliphatic heterocycles. The molecule has 0 spiro atoms. The predicted molar refractivity (Wildman–Crippen MR) is 89.7 cm³/mol. The summed E-state index contributed by atoms with van der Waals surface area (Å²) < 4.78 is 27.4. The van der Waals surface area contributed by atoms with Gasteiger partial charge >= 0.3 is 0 Å². The third-order valence-corrected chi connectivity index (χ3v) is 5.80. The summed E-state index contributed by atoms with van der Waals surface area (Å²) >= 11 is 5.86. The van der Waals surface area contributed by atoms with Crippen molar-refractivity contribution in [3.63, 3.8) is 0 Å². The number of benzene rings is 2. The van der Waals surface area contributed by atoms with Crippen molar-refractivity contribution in [3.8, 4) is 0 Å². The van der Waals surface area contributed by atoms with Crippen LogP contribution in [0.15, 0.2) is 59.5 Å². The molecule has 1 aliphatic rings. The molecule has 23 heavy (non-hydrogen) atoms. The predicted octanol–water partition coefficient (Wildman–Crippen LogP) is 2.92. The van der Waals surface area contributed by atoms with Crippen LogP contribution in [0, 0.1) is 5.92 Å². The van der Waals surface area contributed by atoms with E-state index in [0.717, 1.165) is 18.4 Å². The first kappa shape index (κ1) is 16.5. The molecule has 2 aromatic carbocycles. The lowest BCUT2D eigenvalue weighted by Crippen LogP contribution is -2.42. The molecule has 4 nitrogen and oxygen atoms in total. The zero-order chi connectivity index (χ0) is 16.5. The van der Waals surface area contributed by atoms with Crippen LogP contribution in [0.1, 0.15) is 18.4 Å². The zero-order valence-electron chi connectivity index (χ0n) is 12.4. The smallest absolute Gasteiger partial charge is 0.240 e. The van der Waals surface area contributed by atoms with E-state index in [0.29, 0.717) is 5.02 Å². The van der Waals surface area contributed by atoms with Crippen LogP contribution in [-0.2, 0) is 15.6 Å². The molecule has 1 fully saturated rings. The van der Waals surface area contributed by atoms with Gasteiger partial charge in [0.15, 0.2) is 0 Å². The molecule has 1 aliphatic carbocycles. The summed E-state index contributed by atoms with van der Waals surface area (Å²) in [6, 6.07) is 15.3. The Morgan fingerprint density at radius 3 is 2.43 bits per heavy atom. The lowest BCUT2D eigenvalue weighted by Gasteiger charge is -2.29. The molecular formula is C17H18ClNO3S. The molecule has 3 rings (SSSR count). The van der Waals surface area contributed by atoms with E-state index in [4.69, 9.17) is 11.6 Å². The lowest BCUT2D eigenvalue weighted by molar-refractivity contribution is 0.0185. The van der Waals surface area contributed by atoms with Crippen molar-refractivity contribution >= 4 is 21.6 Å². The number of hydrogen-bond donors (Lipinski definition) is 2. The first-order valence-electron chi connectivity index (χ1n) is 7.45. The van der Waals surface area contributed by atoms with Crippen molar-refractivity contribution in [1.29, 1.82) is 0 Å². The van der Waals surface area contributed by atoms with Gasteiger partial charge in [-0.2, -0.15) is 0 Å². The second kappa shape index (κ2) is 6.24. The molecule has 1 unspecified atom stereocenters. The monoisotopic (exact) mass is 351 g/mol. The van der Waals surface area contributed by atoms with Crippen LogP contribution in [0.25, 0.3) is 0 Å². The van der Waals surface area contributed by atoms with Crippen molar-refractivity contribution in [2.45, 2.75) is 23.3 Å². The van der Waals surface area contributed by atoms with Crippen LogP contribution in [-0.4, -0.2) is 20.1 Å². The van der Waals surface area contributed by atoms with E-state index in [1.165, 1.54) is 12.1 Å². The molecule has 0 saturated heterocycles. The maximum atomic E-state index is 12.4. The fourth-order valence-electron chi connectivity index (χ4n) is 2.69. The Kier molecular flexibility index (Phi) is 4.47. The molecule has 2 N–H and O–H groups in total. The van der Waals surface area contributed by atoms with Gasteiger partial charge in [-0.05, 0) is 42.5 Å². The third kappa shape index (κ3) is 3.58. The minimum Gasteiger partial charge on any atom is -0.383 e. The van der Waals surface area contributed by atoms with Gasteiger partial charge in [-0.25, -0.2) is 13.1 Å². The number of aliphatic hydroxyl groups is 1. The Labute approximate surface area is 141 Å². The number of nitrogens with one attached hydrogen (secondary N) is 1. The van der Waals surface area contributed by atoms with Gasteiger partial charge in [0, 0.05) is 11.6 Å². The molecule has 0 bridgehead atoms. The van der Waals surface area contributed by atoms with Gasteiger partial charge in [-0.1, -0.05) is 48.0 Å². The highest BCUT2D eigenvalue weighted by molar-refractivity contribution is 7.89. The molecule has 6 heteroatoms. The molecule has 0 heterocycles. The van der Waals surface area contributed by atoms with E-state index < -0.39 is 15.6 Å². The van der Waals surface area contributed by atoms with Gasteiger partial charge in [0.25, 0.3) is 0 Å². The maximum absolute atomic E-state index is 12.4. The molecule has 0 amide bonds. The summed E-state index contributed by atoms with van der Waals surface area (Å²) in [7, 11) is -3.72. The van der Waals surface area contributed by atoms with Crippen molar-refractivity contribution in [3.05, 3.63) is 65.2 Å². The van der Waals surface area contributed by atoms with Gasteiger partial charge in [-0.3, -0.25) is 0 Å². The van der Waals surface area contributed by atoms with Crippen molar-refractivity contribution in [2.24, 2.45) is 5.92 Å². The summed E-state index contributed by atoms with van der Waals surface area (Å²) in [6.07, 6.45) is 1.79. The van der Waals surface area contributed by atoms with Gasteiger partial charge in [0.1, 0.15) is 5.60 Å². The summed E-state index contributed by atoms with van der Waals surface area (Å²) in [5.74, 6) is 0.0759. The van der Waals surface area contributed by atoms with E-state index in [-0.39, 0.29) is 17.4 Å². The molecule has 0 radical (unpaired) electrons. The second-order valence-corrected chi connectivity index (χ2v) is 8.05. The maximum Gasteiger partial charge on any atom is 0.240 e. The molecule has 0 aromatic heterocycles. The largest absolute Gasteiger partial charge is 0.383 e. The molecule has 2 aromatic rings. The number of hydrogen-bond acceptors (Lipinski definition) is 3. The van der Waals surface area contributed by atoms with E-state index in [2.05, 4.69) is 4.72 Å². The quantitative estimate of drug-likeness (QED) is 0.841. The Morgan fingerprint density at radius 1 is 1.13 bits per heavy atom. The van der Waals surface area contributed by atoms with Crippen LogP contribution < -0.4 is 4.72 Å². The van der Waals surface area contributed by atoms with E-state index in [9.17, 15) is 13.5 Å². The van der Waals surface area contributed by atoms with Crippen molar-refractivity contribution in [2.75, 3.05) is 6.54 Å². The fraction of sp³-hybridized carbons (Fsp3) is 0.294. The average Bonchev–Trinajstić information content (AvgIpc) is 3.39. The minimum atomic E-state index is -3.72. The lowest BCUT2D eigenvalue weighted by atomic mass is 9.89. The van der Waals surface area contributed by atoms with Crippen molar-refractivity contribution in [1.82, 2.24) is 4.72 Å². The Bertz CT molecular complexity index is 790. The summed E-state index contributed by atoms with van der Waals surface area (Å²) in [5, 5.41) is 11.4. The van der Waals surface area contributed by atoms with E-state index in [1.807, 2.05) is 30.3 Å². The van der Waals surface area contributed by atoms with Gasteiger partial charge in [0.2, 0.25) is 10.0 Å². The Balaban J connectivity index is 1.82. The highest BCUT2D eigenvalue weighted by Crippen LogP contribution is 2.45. The fourth-order valence-corrected chi connectivity index (χ4v) is 4.06. The highest BCUT2D eigenvalue weighted by Gasteiger charge is 2.45. The van der Waals surface area contributed by atoms with E-state index >= 15 is 0 Å². The standard InChI is InChI=1S/C17H18ClNO3S/c18-15-7-4-8-16(11-15)23(21,22)19-12-17(20,14-9-10-14)13-5-2-1-3-6-13/h1-8,11,14,19-20H,9-10,12H2. The molecule has 122 valence electrons. The Morgan fingerprint density at radius 2 is 1.83 bits per heavy atom. The molecular weight excluding hydrogens is 334 g/mol. The number of sulfonamides is 1. The summed E-state index contributed by atoms with van der Waals surface area (Å²) in [4.78, 5) is 0.0937. The third-order valence-electron chi connectivity index (χ3n) is 4.16. The zero-order valence-corrected chi connectivity index (χ0v) is 14.0. The van der Waals surface area contributed by atoms with Gasteiger partial charge in [-0.15, -0.1) is 0 Å². The number of halogens is 1. The van der Waals surface area contributed by atoms with Gasteiger partial charge < -0.3 is 5.11 Å². The van der Waals surface area contributed by atoms with Crippen molar-refractivity contribution < 1.29 is 13.5 Å². The Hall–Kier alpha value is -1.40. The summed E-state index contributed by atoms with van der Waals surface area (Å²) in [6.45, 7) is -0.0590. The van der Waals surface area contributed by atoms with Crippen LogP contribution >= 0.6 is 11.6 Å². The highest BCUT2D eigenvalue weighted by atomic mass is 35.5. The van der Waals surface area contributed by atoms with Crippen LogP contribution in [0.2, 0.25) is 5.02 Å². The van der Waals surface area contributed by atoms with Crippen LogP contribution in [0.3, 0.4) is 0 Å². The topological polar surface area (TPSA) is 66.4 Å². The average molecular weight is 352 g/mol. The second-order valence-electron chi connectivity index (χ2n) is 5.85. The SMILES string of the molecule is O=S(=O)(NCC(O)(c1ccccc1)C1CC1)c1cccc(Cl)c1. The van der Waals surface area contributed by atoms with E-state index in [1.54, 1.807) is 12.1 Å². The molecule has 1 atom stereocenters. The number of rotatable bonds is 6. The van der Waals surface area contributed by atoms with Crippen LogP contribution in [0.4, 0.5) is 0 Å². The molecule has 1 saturated carbocycles. The summed E-state index contributed by atoms with van der Waals surface area (Å²) in [5.41, 5.74) is -0.455. The first-order chi connectivity index (χ1) is 10.9. The van der Waals surface area contributed by atoms with Gasteiger partial charge in [0.05, 0.1) is 4.90 Å². The van der Waals surface area contributed by atoms with Crippen LogP contribution in [0.5, 0.6) is 0 Å². The first-order valence-corrected chi connectivity index (χ1v) is 9.31. The minimum absolute atomic E-state index is 0.0590. The normalized spacial score (nSPS) is 17.7.